The fourth-order valence-electron chi connectivity index (χ4n) is 5.54. The molecular weight excluding hydrogens is 765 g/mol. The predicted molar refractivity (Wildman–Crippen MR) is 205 cm³/mol. The van der Waals surface area contributed by atoms with Gasteiger partial charge in [0.2, 0.25) is 0 Å². The average molecular weight is 833 g/mol. The van der Waals surface area contributed by atoms with Gasteiger partial charge in [0.15, 0.2) is 0 Å². The Hall–Kier alpha value is 0.0900. The Morgan fingerprint density at radius 2 is 0.854 bits per heavy atom. The zero-order chi connectivity index (χ0) is 37.5. The van der Waals surface area contributed by atoms with Crippen LogP contribution in [0.25, 0.3) is 0 Å². The van der Waals surface area contributed by atoms with E-state index in [-0.39, 0.29) is 38.6 Å². The van der Waals surface area contributed by atoms with Crippen LogP contribution in [-0.2, 0) is 36.9 Å². The molecule has 0 aliphatic carbocycles. The van der Waals surface area contributed by atoms with E-state index in [4.69, 9.17) is 27.8 Å². The van der Waals surface area contributed by atoms with Crippen LogP contribution >= 0.6 is 37.8 Å². The maximum Gasteiger partial charge on any atom is 0.350 e. The van der Waals surface area contributed by atoms with Crippen molar-refractivity contribution in [1.82, 2.24) is 10.1 Å². The third kappa shape index (κ3) is 12.6. The first-order chi connectivity index (χ1) is 21.7. The van der Waals surface area contributed by atoms with E-state index >= 15 is 0 Å². The quantitative estimate of drug-likeness (QED) is 0.0441. The molecule has 13 heteroatoms. The topological polar surface area (TPSA) is 96.0 Å². The van der Waals surface area contributed by atoms with E-state index in [2.05, 4.69) is 22.6 Å². The number of benzene rings is 1. The molecule has 4 atom stereocenters. The van der Waals surface area contributed by atoms with Gasteiger partial charge >= 0.3 is 15.2 Å². The summed E-state index contributed by atoms with van der Waals surface area (Å²) in [4.78, 5) is 13.4. The monoisotopic (exact) mass is 832 g/mol. The molecule has 0 heterocycles. The SMILES string of the molecule is CCOP(=O)(OCC)C(N(OC(C)c1ccc(C(C)ON(C(C(C)(C)C)P(=O)(OCC)OCC)C(C)(C)I)cc1)C(C)(C)C)C(C)(C)C. The van der Waals surface area contributed by atoms with Crippen LogP contribution in [0.2, 0.25) is 0 Å². The number of hydrogen-bond acceptors (Lipinski definition) is 10. The Balaban J connectivity index is 3.50. The first-order valence-electron chi connectivity index (χ1n) is 17.2. The molecule has 0 N–H and O–H groups in total. The molecule has 0 radical (unpaired) electrons. The fourth-order valence-corrected chi connectivity index (χ4v) is 11.5. The van der Waals surface area contributed by atoms with Gasteiger partial charge in [0.25, 0.3) is 0 Å². The van der Waals surface area contributed by atoms with Gasteiger partial charge in [-0.2, -0.15) is 10.1 Å². The predicted octanol–water partition coefficient (Wildman–Crippen LogP) is 11.5. The van der Waals surface area contributed by atoms with E-state index in [1.807, 2.05) is 147 Å². The lowest BCUT2D eigenvalue weighted by atomic mass is 9.94. The number of hydroxylamine groups is 4. The van der Waals surface area contributed by atoms with Crippen molar-refractivity contribution < 1.29 is 36.9 Å². The molecule has 10 nitrogen and oxygen atoms in total. The van der Waals surface area contributed by atoms with Crippen LogP contribution in [0.3, 0.4) is 0 Å². The molecule has 0 saturated heterocycles. The lowest BCUT2D eigenvalue weighted by molar-refractivity contribution is -0.264. The number of rotatable bonds is 19. The van der Waals surface area contributed by atoms with Gasteiger partial charge in [-0.15, -0.1) is 0 Å². The van der Waals surface area contributed by atoms with Gasteiger partial charge in [-0.25, -0.2) is 0 Å². The highest BCUT2D eigenvalue weighted by atomic mass is 127. The number of halogens is 1. The Kier molecular flexibility index (Phi) is 17.5. The molecule has 0 aliphatic heterocycles. The second-order valence-electron chi connectivity index (χ2n) is 15.6. The number of nitrogens with zero attached hydrogens (tertiary/aromatic N) is 2. The average Bonchev–Trinajstić information content (AvgIpc) is 2.90. The third-order valence-electron chi connectivity index (χ3n) is 7.43. The van der Waals surface area contributed by atoms with E-state index in [9.17, 15) is 9.13 Å². The van der Waals surface area contributed by atoms with E-state index in [1.165, 1.54) is 0 Å². The van der Waals surface area contributed by atoms with Gasteiger partial charge in [0.05, 0.1) is 30.0 Å². The maximum absolute atomic E-state index is 14.3. The van der Waals surface area contributed by atoms with Crippen molar-refractivity contribution in [3.05, 3.63) is 35.4 Å². The van der Waals surface area contributed by atoms with Crippen molar-refractivity contribution in [3.63, 3.8) is 0 Å². The number of hydrogen-bond donors (Lipinski definition) is 0. The summed E-state index contributed by atoms with van der Waals surface area (Å²) in [6, 6.07) is 8.07. The molecule has 0 spiro atoms. The lowest BCUT2D eigenvalue weighted by Gasteiger charge is -2.48. The summed E-state index contributed by atoms with van der Waals surface area (Å²) in [5.41, 5.74) is 0.341. The maximum atomic E-state index is 14.3. The third-order valence-corrected chi connectivity index (χ3v) is 13.5. The van der Waals surface area contributed by atoms with E-state index in [0.29, 0.717) is 0 Å². The van der Waals surface area contributed by atoms with Crippen molar-refractivity contribution in [2.24, 2.45) is 10.8 Å². The van der Waals surface area contributed by atoms with Crippen molar-refractivity contribution in [2.45, 2.75) is 151 Å². The minimum atomic E-state index is -3.60. The summed E-state index contributed by atoms with van der Waals surface area (Å²) in [6.07, 6.45) is -0.764. The van der Waals surface area contributed by atoms with Crippen LogP contribution in [0.1, 0.15) is 141 Å². The molecule has 282 valence electrons. The Labute approximate surface area is 306 Å². The second kappa shape index (κ2) is 18.2. The number of alkyl halides is 1. The molecule has 4 unspecified atom stereocenters. The van der Waals surface area contributed by atoms with E-state index < -0.39 is 46.7 Å². The highest BCUT2D eigenvalue weighted by Crippen LogP contribution is 2.62. The Bertz CT molecular complexity index is 1090. The van der Waals surface area contributed by atoms with Crippen LogP contribution in [0.15, 0.2) is 24.3 Å². The van der Waals surface area contributed by atoms with Crippen LogP contribution in [-0.4, -0.2) is 57.2 Å². The standard InChI is InChI=1S/C35H67IN2O8P2/c1-18-41-47(39,42-19-2)30(32(7,8)9)37(34(13,14)15)45-26(5)28-22-24-29(25-23-28)27(6)46-38(35(16,17)36)31(33(10,11)12)48(40,43-20-3)44-21-4/h22-27,30-31H,18-21H2,1-17H3. The van der Waals surface area contributed by atoms with Gasteiger partial charge in [-0.3, -0.25) is 18.8 Å². The van der Waals surface area contributed by atoms with Gasteiger partial charge in [-0.1, -0.05) is 88.4 Å². The Morgan fingerprint density at radius 3 is 1.08 bits per heavy atom. The van der Waals surface area contributed by atoms with Gasteiger partial charge < -0.3 is 18.1 Å². The van der Waals surface area contributed by atoms with Gasteiger partial charge in [-0.05, 0) is 98.1 Å². The highest BCUT2D eigenvalue weighted by molar-refractivity contribution is 14.1. The minimum absolute atomic E-state index is 0.259. The summed E-state index contributed by atoms with van der Waals surface area (Å²) in [5.74, 6) is -1.33. The Morgan fingerprint density at radius 1 is 0.583 bits per heavy atom. The van der Waals surface area contributed by atoms with Crippen LogP contribution < -0.4 is 0 Å². The van der Waals surface area contributed by atoms with Gasteiger partial charge in [0.1, 0.15) is 23.8 Å². The highest BCUT2D eigenvalue weighted by Gasteiger charge is 2.53. The normalized spacial score (nSPS) is 16.8. The second-order valence-corrected chi connectivity index (χ2v) is 22.4. The smallest absolute Gasteiger partial charge is 0.308 e. The van der Waals surface area contributed by atoms with E-state index in [0.717, 1.165) is 11.1 Å². The van der Waals surface area contributed by atoms with Crippen molar-refractivity contribution >= 4 is 37.8 Å². The zero-order valence-corrected chi connectivity index (χ0v) is 36.8. The molecular formula is C35H67IN2O8P2. The molecule has 48 heavy (non-hydrogen) atoms. The molecule has 0 aliphatic rings. The van der Waals surface area contributed by atoms with Crippen LogP contribution in [0.5, 0.6) is 0 Å². The molecule has 1 aromatic carbocycles. The first kappa shape index (κ1) is 46.1. The molecule has 1 rings (SSSR count). The van der Waals surface area contributed by atoms with E-state index in [1.54, 1.807) is 5.06 Å². The summed E-state index contributed by atoms with van der Waals surface area (Å²) in [5, 5.41) is 3.61. The fraction of sp³-hybridized carbons (Fsp3) is 0.829. The molecule has 1 aromatic rings. The minimum Gasteiger partial charge on any atom is -0.308 e. The summed E-state index contributed by atoms with van der Waals surface area (Å²) < 4.78 is 51.4. The first-order valence-corrected chi connectivity index (χ1v) is 21.5. The summed E-state index contributed by atoms with van der Waals surface area (Å²) in [7, 11) is -7.20. The lowest BCUT2D eigenvalue weighted by Crippen LogP contribution is -2.53. The van der Waals surface area contributed by atoms with Gasteiger partial charge in [0, 0.05) is 5.54 Å². The van der Waals surface area contributed by atoms with Crippen LogP contribution in [0.4, 0.5) is 0 Å². The molecule has 0 fully saturated rings. The molecule has 0 aromatic heterocycles. The summed E-state index contributed by atoms with van der Waals surface area (Å²) >= 11 is 2.31. The van der Waals surface area contributed by atoms with Crippen LogP contribution in [0, 0.1) is 10.8 Å². The summed E-state index contributed by atoms with van der Waals surface area (Å²) in [6.45, 7) is 34.6. The largest absolute Gasteiger partial charge is 0.350 e. The van der Waals surface area contributed by atoms with Crippen molar-refractivity contribution in [1.29, 1.82) is 0 Å². The van der Waals surface area contributed by atoms with Crippen molar-refractivity contribution in [3.8, 4) is 0 Å². The molecule has 0 amide bonds. The molecule has 0 saturated carbocycles. The zero-order valence-electron chi connectivity index (χ0n) is 32.9. The molecule has 0 bridgehead atoms. The van der Waals surface area contributed by atoms with Crippen molar-refractivity contribution in [2.75, 3.05) is 26.4 Å².